The van der Waals surface area contributed by atoms with Crippen molar-refractivity contribution < 1.29 is 37.1 Å². The highest BCUT2D eigenvalue weighted by molar-refractivity contribution is 6.21. The van der Waals surface area contributed by atoms with Crippen LogP contribution >= 0.6 is 0 Å². The average molecular weight is 656 g/mol. The molecule has 4 aliphatic carbocycles. The van der Waals surface area contributed by atoms with Crippen molar-refractivity contribution in [3.8, 4) is 0 Å². The Kier molecular flexibility index (Phi) is 9.01. The van der Waals surface area contributed by atoms with E-state index < -0.39 is 23.6 Å². The Balaban J connectivity index is 1.10. The number of esters is 1. The number of Topliss-reactive ketones (excluding diaryl/α,β-unsaturated/α-hetero) is 1. The summed E-state index contributed by atoms with van der Waals surface area (Å²) < 4.78 is 48.1. The van der Waals surface area contributed by atoms with Gasteiger partial charge in [-0.25, -0.2) is 0 Å². The molecule has 9 heteroatoms. The fraction of sp³-hybridized carbons (Fsp3) is 0.684. The van der Waals surface area contributed by atoms with Gasteiger partial charge in [0.05, 0.1) is 11.1 Å². The number of imide groups is 1. The normalized spacial score (nSPS) is 36.0. The van der Waals surface area contributed by atoms with Crippen LogP contribution in [-0.4, -0.2) is 47.3 Å². The van der Waals surface area contributed by atoms with Gasteiger partial charge in [0.1, 0.15) is 11.9 Å². The van der Waals surface area contributed by atoms with Gasteiger partial charge >= 0.3 is 12.1 Å². The number of benzene rings is 1. The van der Waals surface area contributed by atoms with Gasteiger partial charge in [0.25, 0.3) is 11.8 Å². The van der Waals surface area contributed by atoms with Crippen molar-refractivity contribution >= 4 is 23.6 Å². The number of nitrogens with zero attached hydrogens (tertiary/aromatic N) is 1. The van der Waals surface area contributed by atoms with Crippen molar-refractivity contribution in [2.24, 2.45) is 46.3 Å². The highest BCUT2D eigenvalue weighted by atomic mass is 19.4. The largest absolute Gasteiger partial charge is 0.463 e. The third kappa shape index (κ3) is 5.98. The fourth-order valence-corrected chi connectivity index (χ4v) is 11.1. The molecule has 9 atom stereocenters. The Morgan fingerprint density at radius 2 is 1.70 bits per heavy atom. The highest BCUT2D eigenvalue weighted by Crippen LogP contribution is 2.67. The number of hydrogen-bond acceptors (Lipinski definition) is 5. The predicted octanol–water partition coefficient (Wildman–Crippen LogP) is 8.35. The van der Waals surface area contributed by atoms with Crippen molar-refractivity contribution in [3.05, 3.63) is 47.0 Å². The Labute approximate surface area is 275 Å². The maximum Gasteiger partial charge on any atom is 0.412 e. The van der Waals surface area contributed by atoms with E-state index >= 15 is 0 Å². The van der Waals surface area contributed by atoms with Gasteiger partial charge in [-0.1, -0.05) is 39.0 Å². The molecule has 0 N–H and O–H groups in total. The first-order chi connectivity index (χ1) is 22.1. The molecule has 4 saturated carbocycles. The molecule has 4 fully saturated rings. The number of halogens is 3. The third-order valence-corrected chi connectivity index (χ3v) is 13.2. The van der Waals surface area contributed by atoms with Crippen LogP contribution in [0.15, 0.2) is 35.9 Å². The molecule has 0 saturated heterocycles. The van der Waals surface area contributed by atoms with Crippen LogP contribution in [0.25, 0.3) is 0 Å². The van der Waals surface area contributed by atoms with Gasteiger partial charge in [0, 0.05) is 31.4 Å². The summed E-state index contributed by atoms with van der Waals surface area (Å²) in [6.07, 6.45) is 3.69. The van der Waals surface area contributed by atoms with Gasteiger partial charge in [-0.15, -0.1) is 0 Å². The maximum absolute atomic E-state index is 14.2. The Bertz CT molecular complexity index is 1430. The van der Waals surface area contributed by atoms with Crippen LogP contribution in [0.3, 0.4) is 0 Å². The minimum absolute atomic E-state index is 0.00795. The summed E-state index contributed by atoms with van der Waals surface area (Å²) in [5.74, 6) is 0.398. The van der Waals surface area contributed by atoms with E-state index in [1.807, 2.05) is 0 Å². The van der Waals surface area contributed by atoms with Crippen LogP contribution in [0.1, 0.15) is 119 Å². The van der Waals surface area contributed by atoms with Crippen LogP contribution < -0.4 is 0 Å². The molecular formula is C38H48F3NO5. The molecule has 0 bridgehead atoms. The summed E-state index contributed by atoms with van der Waals surface area (Å²) >= 11 is 0. The first-order valence-electron chi connectivity index (χ1n) is 17.6. The van der Waals surface area contributed by atoms with Crippen LogP contribution in [0.4, 0.5) is 13.2 Å². The van der Waals surface area contributed by atoms with Crippen LogP contribution in [-0.2, 0) is 14.3 Å². The fourth-order valence-electron chi connectivity index (χ4n) is 11.1. The first kappa shape index (κ1) is 33.9. The summed E-state index contributed by atoms with van der Waals surface area (Å²) in [5.41, 5.74) is -0.354. The second-order valence-corrected chi connectivity index (χ2v) is 15.7. The number of alkyl halides is 3. The lowest BCUT2D eigenvalue weighted by Crippen LogP contribution is -2.58. The number of carbonyl (C=O) groups is 4. The Morgan fingerprint density at radius 3 is 2.34 bits per heavy atom. The molecule has 2 amide bonds. The molecule has 0 aromatic heterocycles. The summed E-state index contributed by atoms with van der Waals surface area (Å²) in [5, 5.41) is 0. The molecule has 47 heavy (non-hydrogen) atoms. The molecule has 1 heterocycles. The lowest BCUT2D eigenvalue weighted by atomic mass is 9.44. The summed E-state index contributed by atoms with van der Waals surface area (Å²) in [6, 6.07) is 6.45. The number of ketones is 1. The van der Waals surface area contributed by atoms with Crippen molar-refractivity contribution in [1.82, 2.24) is 4.90 Å². The van der Waals surface area contributed by atoms with E-state index in [4.69, 9.17) is 4.74 Å². The number of fused-ring (bicyclic) bond motifs is 6. The van der Waals surface area contributed by atoms with Gasteiger partial charge in [0.15, 0.2) is 0 Å². The predicted molar refractivity (Wildman–Crippen MR) is 170 cm³/mol. The molecule has 1 aliphatic heterocycles. The zero-order valence-corrected chi connectivity index (χ0v) is 28.0. The standard InChI is InChI=1S/C38H48F3NO5/c1-22(11-12-24(38(39,40)41)8-7-19-42-34(45)27-9-5-6-10-28(27)35(42)46)30-15-16-31-29-14-13-25-20-26(47-23(2)43)17-18-36(25,3)33(29)32(44)21-37(30,31)4/h5-6,8-10,22,25-26,29-31,33H,7,11-21H2,1-4H3/b24-8+/t22-,25?,26-,29?,30-,31+,33-,36+,37-/m1/s1. The van der Waals surface area contributed by atoms with Crippen molar-refractivity contribution in [1.29, 1.82) is 0 Å². The number of hydrogen-bond donors (Lipinski definition) is 0. The van der Waals surface area contributed by atoms with E-state index in [1.54, 1.807) is 24.3 Å². The van der Waals surface area contributed by atoms with E-state index in [9.17, 15) is 32.3 Å². The summed E-state index contributed by atoms with van der Waals surface area (Å²) in [6.45, 7) is 7.92. The summed E-state index contributed by atoms with van der Waals surface area (Å²) in [7, 11) is 0. The minimum atomic E-state index is -4.50. The zero-order chi connectivity index (χ0) is 33.9. The molecular weight excluding hydrogens is 607 g/mol. The molecule has 2 unspecified atom stereocenters. The van der Waals surface area contributed by atoms with E-state index in [2.05, 4.69) is 20.8 Å². The minimum Gasteiger partial charge on any atom is -0.463 e. The van der Waals surface area contributed by atoms with Crippen molar-refractivity contribution in [2.45, 2.75) is 111 Å². The van der Waals surface area contributed by atoms with Gasteiger partial charge < -0.3 is 4.74 Å². The van der Waals surface area contributed by atoms with Gasteiger partial charge in [0.2, 0.25) is 0 Å². The van der Waals surface area contributed by atoms with E-state index in [1.165, 1.54) is 6.92 Å². The topological polar surface area (TPSA) is 80.8 Å². The molecule has 6 nitrogen and oxygen atoms in total. The summed E-state index contributed by atoms with van der Waals surface area (Å²) in [4.78, 5) is 52.1. The number of rotatable bonds is 8. The molecule has 5 aliphatic rings. The molecule has 0 spiro atoms. The van der Waals surface area contributed by atoms with Gasteiger partial charge in [-0.2, -0.15) is 13.2 Å². The van der Waals surface area contributed by atoms with E-state index in [0.29, 0.717) is 36.4 Å². The van der Waals surface area contributed by atoms with Crippen LogP contribution in [0, 0.1) is 46.3 Å². The van der Waals surface area contributed by atoms with E-state index in [-0.39, 0.29) is 71.2 Å². The smallest absolute Gasteiger partial charge is 0.412 e. The second-order valence-electron chi connectivity index (χ2n) is 15.7. The molecule has 1 aromatic rings. The van der Waals surface area contributed by atoms with E-state index in [0.717, 1.165) is 55.9 Å². The maximum atomic E-state index is 14.2. The number of ether oxygens (including phenoxy) is 1. The SMILES string of the molecule is CC(=O)O[C@@H]1CC[C@@]2(C)C(CCC3[C@@H]4CC[C@H]([C@H](C)CC/C(=C\CCN5C(=O)c6ccccc6C5=O)C(F)(F)F)[C@@]4(C)CC(=O)[C@@H]32)C1. The monoisotopic (exact) mass is 655 g/mol. The molecule has 0 radical (unpaired) electrons. The van der Waals surface area contributed by atoms with Gasteiger partial charge in [-0.05, 0) is 117 Å². The molecule has 6 rings (SSSR count). The van der Waals surface area contributed by atoms with Crippen molar-refractivity contribution in [3.63, 3.8) is 0 Å². The highest BCUT2D eigenvalue weighted by Gasteiger charge is 2.63. The van der Waals surface area contributed by atoms with Crippen LogP contribution in [0.2, 0.25) is 0 Å². The molecule has 1 aromatic carbocycles. The second kappa shape index (κ2) is 12.5. The average Bonchev–Trinajstić information content (AvgIpc) is 3.46. The lowest BCUT2D eigenvalue weighted by Gasteiger charge is -2.60. The molecule has 256 valence electrons. The first-order valence-corrected chi connectivity index (χ1v) is 17.6. The third-order valence-electron chi connectivity index (χ3n) is 13.2. The number of allylic oxidation sites excluding steroid dienone is 1. The zero-order valence-electron chi connectivity index (χ0n) is 28.0. The number of amides is 2. The number of carbonyl (C=O) groups excluding carboxylic acids is 4. The Hall–Kier alpha value is -2.97. The van der Waals surface area contributed by atoms with Crippen LogP contribution in [0.5, 0.6) is 0 Å². The van der Waals surface area contributed by atoms with Gasteiger partial charge in [-0.3, -0.25) is 24.1 Å². The van der Waals surface area contributed by atoms with Crippen molar-refractivity contribution in [2.75, 3.05) is 6.54 Å². The lowest BCUT2D eigenvalue weighted by molar-refractivity contribution is -0.169. The quantitative estimate of drug-likeness (QED) is 0.160. The Morgan fingerprint density at radius 1 is 1.02 bits per heavy atom.